The van der Waals surface area contributed by atoms with Gasteiger partial charge in [0.1, 0.15) is 5.75 Å². The quantitative estimate of drug-likeness (QED) is 0.744. The van der Waals surface area contributed by atoms with Crippen LogP contribution in [0.15, 0.2) is 36.4 Å². The summed E-state index contributed by atoms with van der Waals surface area (Å²) in [6, 6.07) is 12.6. The summed E-state index contributed by atoms with van der Waals surface area (Å²) >= 11 is 0. The minimum atomic E-state index is 0.554. The van der Waals surface area contributed by atoms with E-state index in [0.717, 1.165) is 12.4 Å². The highest BCUT2D eigenvalue weighted by Gasteiger charge is 2.06. The van der Waals surface area contributed by atoms with Crippen LogP contribution >= 0.6 is 0 Å². The SMILES string of the molecule is Cc1ccc2ccccc2c1OCC(C)C. The van der Waals surface area contributed by atoms with E-state index in [1.807, 2.05) is 0 Å². The topological polar surface area (TPSA) is 9.23 Å². The van der Waals surface area contributed by atoms with E-state index in [1.54, 1.807) is 0 Å². The Balaban J connectivity index is 2.44. The van der Waals surface area contributed by atoms with Gasteiger partial charge in [0.15, 0.2) is 0 Å². The van der Waals surface area contributed by atoms with Crippen LogP contribution in [0.25, 0.3) is 10.8 Å². The average Bonchev–Trinajstić information content (AvgIpc) is 2.27. The lowest BCUT2D eigenvalue weighted by Gasteiger charge is -2.13. The van der Waals surface area contributed by atoms with Gasteiger partial charge in [0, 0.05) is 5.39 Å². The maximum atomic E-state index is 5.91. The molecule has 0 heterocycles. The summed E-state index contributed by atoms with van der Waals surface area (Å²) < 4.78 is 5.91. The molecule has 0 fully saturated rings. The number of rotatable bonds is 3. The molecule has 0 N–H and O–H groups in total. The molecule has 0 aromatic heterocycles. The number of hydrogen-bond donors (Lipinski definition) is 0. The number of benzene rings is 2. The molecule has 0 spiro atoms. The second-order valence-electron chi connectivity index (χ2n) is 4.64. The molecule has 0 saturated carbocycles. The molecule has 2 rings (SSSR count). The van der Waals surface area contributed by atoms with E-state index < -0.39 is 0 Å². The summed E-state index contributed by atoms with van der Waals surface area (Å²) in [4.78, 5) is 0. The highest BCUT2D eigenvalue weighted by Crippen LogP contribution is 2.29. The number of hydrogen-bond acceptors (Lipinski definition) is 1. The van der Waals surface area contributed by atoms with Gasteiger partial charge in [0.25, 0.3) is 0 Å². The zero-order chi connectivity index (χ0) is 11.5. The molecule has 0 aliphatic carbocycles. The van der Waals surface area contributed by atoms with Gasteiger partial charge in [0.05, 0.1) is 6.61 Å². The fourth-order valence-electron chi connectivity index (χ4n) is 1.79. The Bertz CT molecular complexity index is 486. The number of aryl methyl sites for hydroxylation is 1. The molecule has 1 heteroatoms. The van der Waals surface area contributed by atoms with E-state index in [-0.39, 0.29) is 0 Å². The molecule has 0 radical (unpaired) electrons. The van der Waals surface area contributed by atoms with E-state index >= 15 is 0 Å². The van der Waals surface area contributed by atoms with Crippen molar-refractivity contribution < 1.29 is 4.74 Å². The highest BCUT2D eigenvalue weighted by atomic mass is 16.5. The number of ether oxygens (including phenoxy) is 1. The Morgan fingerprint density at radius 1 is 1.06 bits per heavy atom. The summed E-state index contributed by atoms with van der Waals surface area (Å²) in [5.74, 6) is 1.59. The summed E-state index contributed by atoms with van der Waals surface area (Å²) in [5.41, 5.74) is 1.21. The van der Waals surface area contributed by atoms with Gasteiger partial charge in [-0.05, 0) is 23.8 Å². The molecule has 0 saturated heterocycles. The van der Waals surface area contributed by atoms with Crippen LogP contribution in [0.3, 0.4) is 0 Å². The third-order valence-electron chi connectivity index (χ3n) is 2.64. The van der Waals surface area contributed by atoms with Crippen molar-refractivity contribution in [1.82, 2.24) is 0 Å². The van der Waals surface area contributed by atoms with Crippen LogP contribution in [0.1, 0.15) is 19.4 Å². The molecule has 2 aromatic rings. The van der Waals surface area contributed by atoms with Crippen LogP contribution in [-0.4, -0.2) is 6.61 Å². The Hall–Kier alpha value is -1.50. The Morgan fingerprint density at radius 3 is 2.56 bits per heavy atom. The third-order valence-corrected chi connectivity index (χ3v) is 2.64. The van der Waals surface area contributed by atoms with Crippen molar-refractivity contribution >= 4 is 10.8 Å². The van der Waals surface area contributed by atoms with Crippen molar-refractivity contribution in [2.75, 3.05) is 6.61 Å². The summed E-state index contributed by atoms with van der Waals surface area (Å²) in [5, 5.41) is 2.45. The molecule has 0 aliphatic rings. The van der Waals surface area contributed by atoms with Crippen molar-refractivity contribution in [3.63, 3.8) is 0 Å². The largest absolute Gasteiger partial charge is 0.492 e. The van der Waals surface area contributed by atoms with E-state index in [1.165, 1.54) is 16.3 Å². The summed E-state index contributed by atoms with van der Waals surface area (Å²) in [7, 11) is 0. The normalized spacial score (nSPS) is 11.0. The van der Waals surface area contributed by atoms with Crippen molar-refractivity contribution in [3.8, 4) is 5.75 Å². The molecule has 0 amide bonds. The van der Waals surface area contributed by atoms with Gasteiger partial charge in [0.2, 0.25) is 0 Å². The smallest absolute Gasteiger partial charge is 0.130 e. The van der Waals surface area contributed by atoms with Crippen LogP contribution in [0.5, 0.6) is 5.75 Å². The van der Waals surface area contributed by atoms with Crippen molar-refractivity contribution in [2.45, 2.75) is 20.8 Å². The molecule has 0 atom stereocenters. The van der Waals surface area contributed by atoms with Gasteiger partial charge in [-0.25, -0.2) is 0 Å². The van der Waals surface area contributed by atoms with Crippen molar-refractivity contribution in [1.29, 1.82) is 0 Å². The Morgan fingerprint density at radius 2 is 1.81 bits per heavy atom. The van der Waals surface area contributed by atoms with Crippen LogP contribution in [0.2, 0.25) is 0 Å². The third kappa shape index (κ3) is 2.19. The maximum Gasteiger partial charge on any atom is 0.130 e. The summed E-state index contributed by atoms with van der Waals surface area (Å²) in [6.07, 6.45) is 0. The Labute approximate surface area is 97.1 Å². The van der Waals surface area contributed by atoms with Crippen LogP contribution in [0.4, 0.5) is 0 Å². The molecule has 1 nitrogen and oxygen atoms in total. The molecular formula is C15H18O. The average molecular weight is 214 g/mol. The fraction of sp³-hybridized carbons (Fsp3) is 0.333. The van der Waals surface area contributed by atoms with Crippen LogP contribution in [0, 0.1) is 12.8 Å². The van der Waals surface area contributed by atoms with Gasteiger partial charge in [-0.3, -0.25) is 0 Å². The van der Waals surface area contributed by atoms with Gasteiger partial charge < -0.3 is 4.74 Å². The second kappa shape index (κ2) is 4.56. The molecule has 0 aliphatic heterocycles. The standard InChI is InChI=1S/C15H18O/c1-11(2)10-16-15-12(3)8-9-13-6-4-5-7-14(13)15/h4-9,11H,10H2,1-3H3. The lowest BCUT2D eigenvalue weighted by atomic mass is 10.1. The number of fused-ring (bicyclic) bond motifs is 1. The monoisotopic (exact) mass is 214 g/mol. The Kier molecular flexibility index (Phi) is 3.14. The van der Waals surface area contributed by atoms with E-state index in [0.29, 0.717) is 5.92 Å². The van der Waals surface area contributed by atoms with Crippen molar-refractivity contribution in [3.05, 3.63) is 42.0 Å². The maximum absolute atomic E-state index is 5.91. The molecule has 0 unspecified atom stereocenters. The van der Waals surface area contributed by atoms with Gasteiger partial charge in [-0.15, -0.1) is 0 Å². The molecule has 0 bridgehead atoms. The lowest BCUT2D eigenvalue weighted by molar-refractivity contribution is 0.272. The minimum absolute atomic E-state index is 0.554. The van der Waals surface area contributed by atoms with Crippen molar-refractivity contribution in [2.24, 2.45) is 5.92 Å². The van der Waals surface area contributed by atoms with Gasteiger partial charge >= 0.3 is 0 Å². The first-order valence-corrected chi connectivity index (χ1v) is 5.79. The lowest BCUT2D eigenvalue weighted by Crippen LogP contribution is -2.05. The molecule has 84 valence electrons. The fourth-order valence-corrected chi connectivity index (χ4v) is 1.79. The second-order valence-corrected chi connectivity index (χ2v) is 4.64. The van der Waals surface area contributed by atoms with E-state index in [4.69, 9.17) is 4.74 Å². The predicted molar refractivity (Wildman–Crippen MR) is 69.0 cm³/mol. The molecule has 2 aromatic carbocycles. The minimum Gasteiger partial charge on any atom is -0.492 e. The van der Waals surface area contributed by atoms with Crippen LogP contribution in [-0.2, 0) is 0 Å². The first-order chi connectivity index (χ1) is 7.68. The first-order valence-electron chi connectivity index (χ1n) is 5.79. The predicted octanol–water partition coefficient (Wildman–Crippen LogP) is 4.18. The zero-order valence-electron chi connectivity index (χ0n) is 10.2. The van der Waals surface area contributed by atoms with Gasteiger partial charge in [-0.2, -0.15) is 0 Å². The van der Waals surface area contributed by atoms with E-state index in [2.05, 4.69) is 57.2 Å². The zero-order valence-corrected chi connectivity index (χ0v) is 10.2. The van der Waals surface area contributed by atoms with E-state index in [9.17, 15) is 0 Å². The first kappa shape index (κ1) is 11.0. The van der Waals surface area contributed by atoms with Gasteiger partial charge in [-0.1, -0.05) is 50.2 Å². The summed E-state index contributed by atoms with van der Waals surface area (Å²) in [6.45, 7) is 7.21. The molecular weight excluding hydrogens is 196 g/mol. The van der Waals surface area contributed by atoms with Crippen LogP contribution < -0.4 is 4.74 Å². The highest BCUT2D eigenvalue weighted by molar-refractivity contribution is 5.89. The molecule has 16 heavy (non-hydrogen) atoms.